The molecule has 240 valence electrons. The van der Waals surface area contributed by atoms with Crippen molar-refractivity contribution >= 4 is 45.6 Å². The summed E-state index contributed by atoms with van der Waals surface area (Å²) in [6, 6.07) is 25.7. The third-order valence-corrected chi connectivity index (χ3v) is 7.60. The molecule has 6 rings (SSSR count). The van der Waals surface area contributed by atoms with E-state index in [2.05, 4.69) is 15.2 Å². The average molecular weight is 631 g/mol. The molecule has 0 atom stereocenters. The smallest absolute Gasteiger partial charge is 0.311 e. The lowest BCUT2D eigenvalue weighted by atomic mass is 9.84. The first-order chi connectivity index (χ1) is 22.4. The largest absolute Gasteiger partial charge is 0.505 e. The van der Waals surface area contributed by atoms with Crippen LogP contribution in [0.4, 0.5) is 11.4 Å². The minimum absolute atomic E-state index is 0.103. The number of esters is 1. The molecule has 0 amide bonds. The van der Waals surface area contributed by atoms with Crippen molar-refractivity contribution < 1.29 is 19.4 Å². The quantitative estimate of drug-likeness (QED) is 0.0859. The number of pyridine rings is 1. The van der Waals surface area contributed by atoms with Crippen LogP contribution in [0.25, 0.3) is 27.6 Å². The van der Waals surface area contributed by atoms with E-state index < -0.39 is 5.97 Å². The van der Waals surface area contributed by atoms with Gasteiger partial charge in [0.15, 0.2) is 12.0 Å². The summed E-state index contributed by atoms with van der Waals surface area (Å²) < 4.78 is 5.63. The number of carbonyl (C=O) groups is 2. The summed E-state index contributed by atoms with van der Waals surface area (Å²) in [7, 11) is 4.01. The number of nitrogens with two attached hydrogens (primary N) is 1. The molecule has 0 radical (unpaired) electrons. The van der Waals surface area contributed by atoms with Crippen LogP contribution in [0.3, 0.4) is 0 Å². The second kappa shape index (κ2) is 13.7. The Bertz CT molecular complexity index is 2010. The number of aldehydes is 1. The molecule has 0 aliphatic rings. The van der Waals surface area contributed by atoms with Crippen LogP contribution in [0, 0.1) is 0 Å². The van der Waals surface area contributed by atoms with Crippen molar-refractivity contribution in [1.29, 1.82) is 0 Å². The van der Waals surface area contributed by atoms with E-state index in [0.29, 0.717) is 34.3 Å². The number of hydrogen-bond donors (Lipinski definition) is 2. The third kappa shape index (κ3) is 7.55. The number of aromatic hydroxyl groups is 1. The number of hydrogen-bond acceptors (Lipinski definition) is 9. The summed E-state index contributed by atoms with van der Waals surface area (Å²) in [6.45, 7) is 6.04. The molecule has 4 aromatic carbocycles. The van der Waals surface area contributed by atoms with E-state index in [4.69, 9.17) is 10.5 Å². The van der Waals surface area contributed by atoms with Gasteiger partial charge in [-0.05, 0) is 78.1 Å². The summed E-state index contributed by atoms with van der Waals surface area (Å²) in [5.74, 6) is -0.0203. The van der Waals surface area contributed by atoms with Crippen LogP contribution >= 0.6 is 0 Å². The molecular weight excluding hydrogens is 592 g/mol. The maximum absolute atomic E-state index is 12.8. The molecule has 3 N–H and O–H groups in total. The van der Waals surface area contributed by atoms with Crippen molar-refractivity contribution in [1.82, 2.24) is 20.0 Å². The molecule has 10 heteroatoms. The van der Waals surface area contributed by atoms with Crippen LogP contribution in [0.5, 0.6) is 11.5 Å². The Morgan fingerprint density at radius 3 is 2.26 bits per heavy atom. The summed E-state index contributed by atoms with van der Waals surface area (Å²) in [5, 5.41) is 20.8. The SMILES string of the molecule is CC(C)(C)c1cc(CCC(=O)Oc2ccc(C=O)c3cccnc23)cc(-n2nc3ccccc3n2)c1O.CN(C)c1ccc(N)cc1. The van der Waals surface area contributed by atoms with Crippen LogP contribution in [0.2, 0.25) is 0 Å². The maximum atomic E-state index is 12.8. The molecule has 0 unspecified atom stereocenters. The molecule has 47 heavy (non-hydrogen) atoms. The van der Waals surface area contributed by atoms with Crippen LogP contribution in [0.15, 0.2) is 91.1 Å². The van der Waals surface area contributed by atoms with Crippen molar-refractivity contribution in [2.24, 2.45) is 0 Å². The van der Waals surface area contributed by atoms with E-state index in [1.807, 2.05) is 94.4 Å². The zero-order valence-electron chi connectivity index (χ0n) is 27.1. The van der Waals surface area contributed by atoms with Crippen LogP contribution in [-0.2, 0) is 16.6 Å². The van der Waals surface area contributed by atoms with Gasteiger partial charge in [-0.1, -0.05) is 45.0 Å². The molecular formula is C37H38N6O4. The number of anilines is 2. The Morgan fingerprint density at radius 2 is 1.64 bits per heavy atom. The Hall–Kier alpha value is -5.77. The van der Waals surface area contributed by atoms with Gasteiger partial charge in [0.2, 0.25) is 0 Å². The normalized spacial score (nSPS) is 11.2. The number of nitrogen functional groups attached to an aromatic ring is 1. The Balaban J connectivity index is 0.000000371. The Morgan fingerprint density at radius 1 is 0.957 bits per heavy atom. The molecule has 0 saturated heterocycles. The van der Waals surface area contributed by atoms with Gasteiger partial charge >= 0.3 is 5.97 Å². The minimum Gasteiger partial charge on any atom is -0.505 e. The number of ether oxygens (including phenoxy) is 1. The molecule has 10 nitrogen and oxygen atoms in total. The number of phenols is 1. The summed E-state index contributed by atoms with van der Waals surface area (Å²) in [6.07, 6.45) is 2.83. The first-order valence-corrected chi connectivity index (χ1v) is 15.2. The second-order valence-corrected chi connectivity index (χ2v) is 12.4. The maximum Gasteiger partial charge on any atom is 0.311 e. The van der Waals surface area contributed by atoms with Crippen LogP contribution in [-0.4, -0.2) is 51.4 Å². The molecule has 0 aliphatic carbocycles. The average Bonchev–Trinajstić information content (AvgIpc) is 3.49. The lowest BCUT2D eigenvalue weighted by Crippen LogP contribution is -2.15. The number of aromatic nitrogens is 4. The molecule has 2 heterocycles. The zero-order chi connectivity index (χ0) is 33.7. The van der Waals surface area contributed by atoms with Crippen molar-refractivity contribution in [3.63, 3.8) is 0 Å². The monoisotopic (exact) mass is 630 g/mol. The molecule has 0 bridgehead atoms. The second-order valence-electron chi connectivity index (χ2n) is 12.4. The topological polar surface area (TPSA) is 136 Å². The van der Waals surface area contributed by atoms with Crippen LogP contribution in [0.1, 0.15) is 48.7 Å². The van der Waals surface area contributed by atoms with E-state index in [0.717, 1.165) is 34.1 Å². The van der Waals surface area contributed by atoms with Gasteiger partial charge in [-0.15, -0.1) is 15.0 Å². The molecule has 0 saturated carbocycles. The predicted molar refractivity (Wildman–Crippen MR) is 185 cm³/mol. The summed E-state index contributed by atoms with van der Waals surface area (Å²) in [5.41, 5.74) is 11.5. The molecule has 0 spiro atoms. The van der Waals surface area contributed by atoms with E-state index in [1.165, 1.54) is 10.5 Å². The van der Waals surface area contributed by atoms with Crippen LogP contribution < -0.4 is 15.4 Å². The van der Waals surface area contributed by atoms with Gasteiger partial charge in [-0.25, -0.2) is 0 Å². The molecule has 0 aliphatic heterocycles. The number of phenolic OH excluding ortho intramolecular Hbond substituents is 1. The number of fused-ring (bicyclic) bond motifs is 2. The molecule has 0 fully saturated rings. The Labute approximate surface area is 273 Å². The number of benzene rings is 4. The fraction of sp³-hybridized carbons (Fsp3) is 0.216. The standard InChI is InChI=1S/C29H26N4O4.C8H12N2/c1-29(2,3)21-15-18(16-24(28(21)36)33-31-22-8-4-5-9-23(22)32-33)10-13-26(35)37-25-12-11-19(17-34)20-7-6-14-30-27(20)25;1-10(2)8-5-3-7(9)4-6-8/h4-9,11-12,14-17,36H,10,13H2,1-3H3;3-6H,9H2,1-2H3. The van der Waals surface area contributed by atoms with E-state index >= 15 is 0 Å². The minimum atomic E-state index is -0.430. The number of rotatable bonds is 7. The van der Waals surface area contributed by atoms with E-state index in [9.17, 15) is 14.7 Å². The van der Waals surface area contributed by atoms with E-state index in [-0.39, 0.29) is 17.6 Å². The highest BCUT2D eigenvalue weighted by Gasteiger charge is 2.24. The summed E-state index contributed by atoms with van der Waals surface area (Å²) >= 11 is 0. The molecule has 2 aromatic heterocycles. The van der Waals surface area contributed by atoms with Gasteiger partial charge in [-0.3, -0.25) is 14.6 Å². The van der Waals surface area contributed by atoms with E-state index in [1.54, 1.807) is 36.5 Å². The van der Waals surface area contributed by atoms with Crippen molar-refractivity contribution in [3.8, 4) is 17.2 Å². The first kappa shape index (κ1) is 32.6. The highest BCUT2D eigenvalue weighted by molar-refractivity contribution is 5.99. The lowest BCUT2D eigenvalue weighted by Gasteiger charge is -2.23. The fourth-order valence-electron chi connectivity index (χ4n) is 5.06. The van der Waals surface area contributed by atoms with Gasteiger partial charge in [0, 0.05) is 54.6 Å². The van der Waals surface area contributed by atoms with Gasteiger partial charge in [0.05, 0.1) is 0 Å². The highest BCUT2D eigenvalue weighted by atomic mass is 16.5. The Kier molecular flexibility index (Phi) is 9.51. The predicted octanol–water partition coefficient (Wildman–Crippen LogP) is 6.66. The number of carbonyl (C=O) groups excluding carboxylic acids is 2. The van der Waals surface area contributed by atoms with Gasteiger partial charge in [0.1, 0.15) is 28.0 Å². The first-order valence-electron chi connectivity index (χ1n) is 15.2. The summed E-state index contributed by atoms with van der Waals surface area (Å²) in [4.78, 5) is 31.9. The van der Waals surface area contributed by atoms with Gasteiger partial charge in [0.25, 0.3) is 0 Å². The van der Waals surface area contributed by atoms with Gasteiger partial charge < -0.3 is 20.5 Å². The zero-order valence-corrected chi connectivity index (χ0v) is 27.1. The number of nitrogens with zero attached hydrogens (tertiary/aromatic N) is 5. The molecule has 6 aromatic rings. The third-order valence-electron chi connectivity index (χ3n) is 7.60. The lowest BCUT2D eigenvalue weighted by molar-refractivity contribution is -0.134. The van der Waals surface area contributed by atoms with Crippen molar-refractivity contribution in [2.45, 2.75) is 39.0 Å². The number of aryl methyl sites for hydroxylation is 1. The van der Waals surface area contributed by atoms with Crippen molar-refractivity contribution in [2.75, 3.05) is 24.7 Å². The van der Waals surface area contributed by atoms with Crippen molar-refractivity contribution in [3.05, 3.63) is 108 Å². The van der Waals surface area contributed by atoms with Gasteiger partial charge in [-0.2, -0.15) is 0 Å². The fourth-order valence-corrected chi connectivity index (χ4v) is 5.06. The highest BCUT2D eigenvalue weighted by Crippen LogP contribution is 2.36.